The number of thiophene rings is 1. The van der Waals surface area contributed by atoms with Crippen LogP contribution in [0.4, 0.5) is 5.82 Å². The number of anilines is 1. The predicted octanol–water partition coefficient (Wildman–Crippen LogP) is 5.21. The fourth-order valence-electron chi connectivity index (χ4n) is 4.93. The quantitative estimate of drug-likeness (QED) is 0.552. The van der Waals surface area contributed by atoms with Crippen molar-refractivity contribution in [2.75, 3.05) is 31.1 Å². The van der Waals surface area contributed by atoms with Gasteiger partial charge in [-0.25, -0.2) is 9.97 Å². The molecular formula is C26H32N4OS. The van der Waals surface area contributed by atoms with Crippen LogP contribution in [0.1, 0.15) is 65.3 Å². The zero-order chi connectivity index (χ0) is 22.4. The highest BCUT2D eigenvalue weighted by Gasteiger charge is 2.29. The van der Waals surface area contributed by atoms with Gasteiger partial charge in [-0.2, -0.15) is 0 Å². The smallest absolute Gasteiger partial charge is 0.254 e. The first-order chi connectivity index (χ1) is 15.4. The van der Waals surface area contributed by atoms with Gasteiger partial charge >= 0.3 is 0 Å². The molecule has 1 atom stereocenters. The van der Waals surface area contributed by atoms with Crippen molar-refractivity contribution in [1.82, 2.24) is 14.9 Å². The third-order valence-corrected chi connectivity index (χ3v) is 8.06. The van der Waals surface area contributed by atoms with Crippen molar-refractivity contribution < 1.29 is 4.79 Å². The van der Waals surface area contributed by atoms with Crippen LogP contribution in [0.15, 0.2) is 24.3 Å². The number of carbonyl (C=O) groups is 1. The molecule has 32 heavy (non-hydrogen) atoms. The second-order valence-corrected chi connectivity index (χ2v) is 10.8. The lowest BCUT2D eigenvalue weighted by molar-refractivity contribution is 0.0746. The van der Waals surface area contributed by atoms with Gasteiger partial charge in [0.15, 0.2) is 0 Å². The van der Waals surface area contributed by atoms with Gasteiger partial charge in [-0.1, -0.05) is 39.0 Å². The van der Waals surface area contributed by atoms with E-state index in [9.17, 15) is 4.79 Å². The third-order valence-electron chi connectivity index (χ3n) is 6.91. The van der Waals surface area contributed by atoms with E-state index in [2.05, 4.69) is 25.7 Å². The standard InChI is InChI=1S/C26H32N4OS/c1-16(2)23-27-24(22-20-10-9-17(3)15-21(20)32-25(22)28-23)29-11-13-30(14-12-29)26(31)19-8-6-5-7-18(19)4/h5-8,16-17H,9-15H2,1-4H3/t17-/m0/s1. The summed E-state index contributed by atoms with van der Waals surface area (Å²) in [6.45, 7) is 11.8. The molecule has 0 spiro atoms. The number of hydrogen-bond donors (Lipinski definition) is 0. The average molecular weight is 449 g/mol. The van der Waals surface area contributed by atoms with Crippen LogP contribution in [0, 0.1) is 12.8 Å². The Hall–Kier alpha value is -2.47. The first-order valence-corrected chi connectivity index (χ1v) is 12.7. The van der Waals surface area contributed by atoms with E-state index < -0.39 is 0 Å². The second-order valence-electron chi connectivity index (χ2n) is 9.69. The summed E-state index contributed by atoms with van der Waals surface area (Å²) in [6.07, 6.45) is 3.52. The summed E-state index contributed by atoms with van der Waals surface area (Å²) in [7, 11) is 0. The lowest BCUT2D eigenvalue weighted by Crippen LogP contribution is -2.49. The molecule has 5 nitrogen and oxygen atoms in total. The number of hydrogen-bond acceptors (Lipinski definition) is 5. The zero-order valence-corrected chi connectivity index (χ0v) is 20.3. The van der Waals surface area contributed by atoms with Gasteiger partial charge in [-0.3, -0.25) is 4.79 Å². The van der Waals surface area contributed by atoms with Crippen LogP contribution in [0.2, 0.25) is 0 Å². The number of nitrogens with zero attached hydrogens (tertiary/aromatic N) is 4. The molecule has 1 saturated heterocycles. The zero-order valence-electron chi connectivity index (χ0n) is 19.5. The average Bonchev–Trinajstić information content (AvgIpc) is 3.15. The van der Waals surface area contributed by atoms with Crippen molar-refractivity contribution in [3.05, 3.63) is 51.7 Å². The lowest BCUT2D eigenvalue weighted by Gasteiger charge is -2.36. The number of fused-ring (bicyclic) bond motifs is 3. The van der Waals surface area contributed by atoms with Crippen LogP contribution < -0.4 is 4.90 Å². The first-order valence-electron chi connectivity index (χ1n) is 11.8. The van der Waals surface area contributed by atoms with Crippen LogP contribution in [0.5, 0.6) is 0 Å². The van der Waals surface area contributed by atoms with Gasteiger partial charge in [0, 0.05) is 42.5 Å². The lowest BCUT2D eigenvalue weighted by atomic mass is 9.89. The van der Waals surface area contributed by atoms with Crippen molar-refractivity contribution >= 4 is 33.3 Å². The maximum Gasteiger partial charge on any atom is 0.254 e. The molecule has 1 amide bonds. The number of aromatic nitrogens is 2. The molecule has 0 unspecified atom stereocenters. The first kappa shape index (κ1) is 21.4. The van der Waals surface area contributed by atoms with E-state index in [1.807, 2.05) is 47.4 Å². The summed E-state index contributed by atoms with van der Waals surface area (Å²) < 4.78 is 0. The number of benzene rings is 1. The van der Waals surface area contributed by atoms with Crippen molar-refractivity contribution in [1.29, 1.82) is 0 Å². The summed E-state index contributed by atoms with van der Waals surface area (Å²) in [5.41, 5.74) is 3.33. The molecule has 168 valence electrons. The fourth-order valence-corrected chi connectivity index (χ4v) is 6.32. The molecule has 1 aliphatic heterocycles. The van der Waals surface area contributed by atoms with Crippen LogP contribution in [-0.2, 0) is 12.8 Å². The van der Waals surface area contributed by atoms with Crippen LogP contribution in [0.3, 0.4) is 0 Å². The molecule has 1 fully saturated rings. The minimum absolute atomic E-state index is 0.139. The molecule has 0 saturated carbocycles. The predicted molar refractivity (Wildman–Crippen MR) is 132 cm³/mol. The number of aryl methyl sites for hydroxylation is 2. The fraction of sp³-hybridized carbons (Fsp3) is 0.500. The molecule has 1 aliphatic carbocycles. The van der Waals surface area contributed by atoms with Gasteiger partial charge in [0.2, 0.25) is 0 Å². The van der Waals surface area contributed by atoms with E-state index in [0.29, 0.717) is 5.92 Å². The van der Waals surface area contributed by atoms with E-state index in [0.717, 1.165) is 72.5 Å². The highest BCUT2D eigenvalue weighted by atomic mass is 32.1. The van der Waals surface area contributed by atoms with Gasteiger partial charge in [0.1, 0.15) is 16.5 Å². The van der Waals surface area contributed by atoms with Crippen molar-refractivity contribution in [2.45, 2.75) is 52.9 Å². The van der Waals surface area contributed by atoms with Gasteiger partial charge in [-0.15, -0.1) is 11.3 Å². The van der Waals surface area contributed by atoms with Gasteiger partial charge in [0.05, 0.1) is 5.39 Å². The highest BCUT2D eigenvalue weighted by Crippen LogP contribution is 2.41. The molecule has 0 N–H and O–H groups in total. The molecule has 0 radical (unpaired) electrons. The van der Waals surface area contributed by atoms with Crippen molar-refractivity contribution in [3.8, 4) is 0 Å². The maximum atomic E-state index is 13.1. The molecule has 1 aromatic carbocycles. The van der Waals surface area contributed by atoms with Gasteiger partial charge in [-0.05, 0) is 49.3 Å². The molecule has 3 heterocycles. The van der Waals surface area contributed by atoms with Gasteiger partial charge < -0.3 is 9.80 Å². The van der Waals surface area contributed by atoms with E-state index in [1.54, 1.807) is 0 Å². The van der Waals surface area contributed by atoms with Gasteiger partial charge in [0.25, 0.3) is 5.91 Å². The summed E-state index contributed by atoms with van der Waals surface area (Å²) >= 11 is 1.88. The minimum atomic E-state index is 0.139. The molecular weight excluding hydrogens is 416 g/mol. The Morgan fingerprint density at radius 2 is 1.88 bits per heavy atom. The largest absolute Gasteiger partial charge is 0.352 e. The molecule has 3 aromatic rings. The monoisotopic (exact) mass is 448 g/mol. The van der Waals surface area contributed by atoms with Crippen LogP contribution >= 0.6 is 11.3 Å². The Bertz CT molecular complexity index is 1160. The summed E-state index contributed by atoms with van der Waals surface area (Å²) in [5.74, 6) is 3.19. The van der Waals surface area contributed by atoms with E-state index in [4.69, 9.17) is 9.97 Å². The highest BCUT2D eigenvalue weighted by molar-refractivity contribution is 7.19. The number of amides is 1. The second kappa shape index (κ2) is 8.47. The van der Waals surface area contributed by atoms with Crippen molar-refractivity contribution in [2.24, 2.45) is 5.92 Å². The number of rotatable bonds is 3. The normalized spacial score (nSPS) is 19.0. The Kier molecular flexibility index (Phi) is 5.66. The van der Waals surface area contributed by atoms with Crippen LogP contribution in [-0.4, -0.2) is 47.0 Å². The van der Waals surface area contributed by atoms with E-state index in [1.165, 1.54) is 22.2 Å². The van der Waals surface area contributed by atoms with Crippen molar-refractivity contribution in [3.63, 3.8) is 0 Å². The number of carbonyl (C=O) groups excluding carboxylic acids is 1. The molecule has 2 aromatic heterocycles. The molecule has 5 rings (SSSR count). The minimum Gasteiger partial charge on any atom is -0.352 e. The molecule has 0 bridgehead atoms. The Morgan fingerprint density at radius 1 is 1.12 bits per heavy atom. The summed E-state index contributed by atoms with van der Waals surface area (Å²) in [4.78, 5) is 30.2. The molecule has 6 heteroatoms. The topological polar surface area (TPSA) is 49.3 Å². The summed E-state index contributed by atoms with van der Waals surface area (Å²) in [6, 6.07) is 7.88. The molecule has 2 aliphatic rings. The van der Waals surface area contributed by atoms with Crippen LogP contribution in [0.25, 0.3) is 10.2 Å². The number of piperazine rings is 1. The Morgan fingerprint density at radius 3 is 2.59 bits per heavy atom. The van der Waals surface area contributed by atoms with E-state index >= 15 is 0 Å². The summed E-state index contributed by atoms with van der Waals surface area (Å²) in [5, 5.41) is 1.28. The Balaban J connectivity index is 1.45. The third kappa shape index (κ3) is 3.79. The Labute approximate surface area is 194 Å². The maximum absolute atomic E-state index is 13.1. The van der Waals surface area contributed by atoms with E-state index in [-0.39, 0.29) is 5.91 Å². The SMILES string of the molecule is Cc1ccccc1C(=O)N1CCN(c2nc(C(C)C)nc3sc4c(c23)CC[C@H](C)C4)CC1.